The van der Waals surface area contributed by atoms with Gasteiger partial charge in [-0.1, -0.05) is 54.6 Å². The van der Waals surface area contributed by atoms with Crippen LogP contribution >= 0.6 is 0 Å². The molecule has 0 saturated carbocycles. The molecule has 5 rings (SSSR count). The Bertz CT molecular complexity index is 1600. The van der Waals surface area contributed by atoms with Gasteiger partial charge in [0, 0.05) is 5.69 Å². The molecule has 0 unspecified atom stereocenters. The molecule has 0 atom stereocenters. The SMILES string of the molecule is CCOC(=O)c1nn(-c2ccccc2)c2nc(Nc3ccccc3)c(N=Nc3ccccc3)c(=O)n12. The first-order chi connectivity index (χ1) is 17.7. The zero-order chi connectivity index (χ0) is 24.9. The fourth-order valence-corrected chi connectivity index (χ4v) is 3.53. The van der Waals surface area contributed by atoms with Gasteiger partial charge in [0.05, 0.1) is 18.0 Å². The van der Waals surface area contributed by atoms with E-state index in [1.165, 1.54) is 4.68 Å². The van der Waals surface area contributed by atoms with Crippen molar-refractivity contribution in [2.75, 3.05) is 11.9 Å². The molecule has 1 N–H and O–H groups in total. The second-order valence-corrected chi connectivity index (χ2v) is 7.57. The highest BCUT2D eigenvalue weighted by molar-refractivity contribution is 5.86. The number of rotatable bonds is 7. The molecule has 0 bridgehead atoms. The summed E-state index contributed by atoms with van der Waals surface area (Å²) in [5, 5.41) is 16.0. The maximum absolute atomic E-state index is 13.8. The molecule has 3 aromatic carbocycles. The Labute approximate surface area is 205 Å². The van der Waals surface area contributed by atoms with Crippen LogP contribution in [0.3, 0.4) is 0 Å². The Morgan fingerprint density at radius 3 is 2.22 bits per heavy atom. The van der Waals surface area contributed by atoms with Crippen molar-refractivity contribution in [3.63, 3.8) is 0 Å². The first kappa shape index (κ1) is 22.7. The molecule has 178 valence electrons. The first-order valence-electron chi connectivity index (χ1n) is 11.2. The van der Waals surface area contributed by atoms with E-state index in [-0.39, 0.29) is 29.7 Å². The summed E-state index contributed by atoms with van der Waals surface area (Å²) in [6.45, 7) is 1.80. The number of benzene rings is 3. The van der Waals surface area contributed by atoms with Gasteiger partial charge in [-0.15, -0.1) is 10.2 Å². The Morgan fingerprint density at radius 2 is 1.56 bits per heavy atom. The van der Waals surface area contributed by atoms with Crippen molar-refractivity contribution in [2.45, 2.75) is 6.92 Å². The number of nitrogens with one attached hydrogen (secondary N) is 1. The smallest absolute Gasteiger partial charge is 0.376 e. The van der Waals surface area contributed by atoms with Gasteiger partial charge >= 0.3 is 5.97 Å². The fourth-order valence-electron chi connectivity index (χ4n) is 3.53. The van der Waals surface area contributed by atoms with E-state index in [9.17, 15) is 9.59 Å². The topological polar surface area (TPSA) is 115 Å². The molecule has 10 heteroatoms. The highest BCUT2D eigenvalue weighted by Gasteiger charge is 2.25. The monoisotopic (exact) mass is 479 g/mol. The molecule has 0 aliphatic carbocycles. The van der Waals surface area contributed by atoms with Crippen molar-refractivity contribution in [1.82, 2.24) is 19.2 Å². The average molecular weight is 480 g/mol. The summed E-state index contributed by atoms with van der Waals surface area (Å²) in [5.74, 6) is -0.684. The van der Waals surface area contributed by atoms with Crippen LogP contribution in [-0.2, 0) is 4.74 Å². The minimum absolute atomic E-state index is 0.0848. The van der Waals surface area contributed by atoms with Crippen LogP contribution in [0.1, 0.15) is 17.5 Å². The van der Waals surface area contributed by atoms with E-state index in [4.69, 9.17) is 4.74 Å². The minimum Gasteiger partial charge on any atom is -0.460 e. The summed E-state index contributed by atoms with van der Waals surface area (Å²) in [5.41, 5.74) is 1.16. The van der Waals surface area contributed by atoms with Gasteiger partial charge in [-0.3, -0.25) is 4.79 Å². The lowest BCUT2D eigenvalue weighted by molar-refractivity contribution is 0.0509. The molecule has 5 aromatic rings. The van der Waals surface area contributed by atoms with Gasteiger partial charge in [-0.25, -0.2) is 9.20 Å². The van der Waals surface area contributed by atoms with Gasteiger partial charge in [0.15, 0.2) is 11.5 Å². The number of aromatic nitrogens is 4. The van der Waals surface area contributed by atoms with Gasteiger partial charge in [0.1, 0.15) is 0 Å². The lowest BCUT2D eigenvalue weighted by Crippen LogP contribution is -2.21. The number of hydrogen-bond donors (Lipinski definition) is 1. The van der Waals surface area contributed by atoms with Crippen LogP contribution in [0.15, 0.2) is 106 Å². The van der Waals surface area contributed by atoms with E-state index in [0.29, 0.717) is 17.1 Å². The van der Waals surface area contributed by atoms with Gasteiger partial charge in [0.25, 0.3) is 5.56 Å². The maximum atomic E-state index is 13.8. The van der Waals surface area contributed by atoms with Crippen LogP contribution in [-0.4, -0.2) is 31.7 Å². The van der Waals surface area contributed by atoms with Crippen molar-refractivity contribution in [1.29, 1.82) is 0 Å². The van der Waals surface area contributed by atoms with E-state index >= 15 is 0 Å². The van der Waals surface area contributed by atoms with Crippen molar-refractivity contribution in [3.8, 4) is 5.69 Å². The van der Waals surface area contributed by atoms with Gasteiger partial charge < -0.3 is 10.1 Å². The predicted molar refractivity (Wildman–Crippen MR) is 135 cm³/mol. The summed E-state index contributed by atoms with van der Waals surface area (Å²) < 4.78 is 7.68. The highest BCUT2D eigenvalue weighted by atomic mass is 16.5. The van der Waals surface area contributed by atoms with Gasteiger partial charge in [-0.05, 0) is 43.3 Å². The second-order valence-electron chi connectivity index (χ2n) is 7.57. The predicted octanol–water partition coefficient (Wildman–Crippen LogP) is 5.22. The lowest BCUT2D eigenvalue weighted by atomic mass is 10.3. The van der Waals surface area contributed by atoms with E-state index in [1.54, 1.807) is 31.2 Å². The summed E-state index contributed by atoms with van der Waals surface area (Å²) in [7, 11) is 0. The molecule has 0 spiro atoms. The molecule has 36 heavy (non-hydrogen) atoms. The molecule has 2 aromatic heterocycles. The Hall–Kier alpha value is -5.12. The molecule has 0 fully saturated rings. The third kappa shape index (κ3) is 4.47. The van der Waals surface area contributed by atoms with Crippen LogP contribution in [0.2, 0.25) is 0 Å². The molecule has 2 heterocycles. The average Bonchev–Trinajstić information content (AvgIpc) is 3.30. The quantitative estimate of drug-likeness (QED) is 0.253. The van der Waals surface area contributed by atoms with E-state index in [2.05, 4.69) is 25.6 Å². The number of nitrogens with zero attached hydrogens (tertiary/aromatic N) is 6. The van der Waals surface area contributed by atoms with Crippen LogP contribution in [0, 0.1) is 0 Å². The number of esters is 1. The highest BCUT2D eigenvalue weighted by Crippen LogP contribution is 2.26. The molecular weight excluding hydrogens is 458 g/mol. The zero-order valence-electron chi connectivity index (χ0n) is 19.3. The Kier molecular flexibility index (Phi) is 6.31. The largest absolute Gasteiger partial charge is 0.460 e. The lowest BCUT2D eigenvalue weighted by Gasteiger charge is -2.09. The maximum Gasteiger partial charge on any atom is 0.376 e. The number of carbonyl (C=O) groups is 1. The van der Waals surface area contributed by atoms with Crippen molar-refractivity contribution in [2.24, 2.45) is 10.2 Å². The number of fused-ring (bicyclic) bond motifs is 1. The standard InChI is InChI=1S/C26H21N7O3/c1-2-36-25(35)23-31-33(20-16-10-5-11-17-20)26-28-22(27-18-12-6-3-7-13-18)21(24(34)32(23)26)30-29-19-14-8-4-9-15-19/h3-17,27H,2H2,1H3. The minimum atomic E-state index is -0.754. The molecule has 0 aliphatic heterocycles. The van der Waals surface area contributed by atoms with Crippen LogP contribution in [0.25, 0.3) is 11.5 Å². The van der Waals surface area contributed by atoms with E-state index in [0.717, 1.165) is 4.40 Å². The van der Waals surface area contributed by atoms with Crippen molar-refractivity contribution >= 4 is 34.6 Å². The molecule has 0 radical (unpaired) electrons. The van der Waals surface area contributed by atoms with Crippen molar-refractivity contribution < 1.29 is 9.53 Å². The van der Waals surface area contributed by atoms with Crippen LogP contribution in [0.4, 0.5) is 22.9 Å². The molecule has 10 nitrogen and oxygen atoms in total. The van der Waals surface area contributed by atoms with Crippen LogP contribution in [0.5, 0.6) is 0 Å². The number of azo groups is 1. The summed E-state index contributed by atoms with van der Waals surface area (Å²) in [6, 6.07) is 27.3. The van der Waals surface area contributed by atoms with Gasteiger partial charge in [0.2, 0.25) is 11.6 Å². The normalized spacial score (nSPS) is 11.1. The number of para-hydroxylation sites is 2. The number of carbonyl (C=O) groups excluding carboxylic acids is 1. The zero-order valence-corrected chi connectivity index (χ0v) is 19.3. The summed E-state index contributed by atoms with van der Waals surface area (Å²) in [4.78, 5) is 31.2. The van der Waals surface area contributed by atoms with Crippen LogP contribution < -0.4 is 10.9 Å². The Morgan fingerprint density at radius 1 is 0.917 bits per heavy atom. The first-order valence-corrected chi connectivity index (χ1v) is 11.2. The molecule has 0 amide bonds. The third-order valence-corrected chi connectivity index (χ3v) is 5.15. The molecular formula is C26H21N7O3. The molecule has 0 aliphatic rings. The van der Waals surface area contributed by atoms with E-state index < -0.39 is 11.5 Å². The number of anilines is 2. The van der Waals surface area contributed by atoms with Gasteiger partial charge in [-0.2, -0.15) is 14.8 Å². The summed E-state index contributed by atoms with van der Waals surface area (Å²) in [6.07, 6.45) is 0. The Balaban J connectivity index is 1.78. The number of hydrogen-bond acceptors (Lipinski definition) is 8. The second kappa shape index (κ2) is 10.0. The third-order valence-electron chi connectivity index (χ3n) is 5.15. The van der Waals surface area contributed by atoms with E-state index in [1.807, 2.05) is 66.7 Å². The number of ether oxygens (including phenoxy) is 1. The fraction of sp³-hybridized carbons (Fsp3) is 0.0769. The van der Waals surface area contributed by atoms with Crippen molar-refractivity contribution in [3.05, 3.63) is 107 Å². The summed E-state index contributed by atoms with van der Waals surface area (Å²) >= 11 is 0. The molecule has 0 saturated heterocycles.